The number of nitrogens with zero attached hydrogens (tertiary/aromatic N) is 1. The minimum Gasteiger partial charge on any atom is -0.478 e. The Morgan fingerprint density at radius 3 is 2.71 bits per heavy atom. The summed E-state index contributed by atoms with van der Waals surface area (Å²) in [6, 6.07) is 4.89. The van der Waals surface area contributed by atoms with Crippen molar-refractivity contribution in [1.82, 2.24) is 0 Å². The molecule has 0 fully saturated rings. The van der Waals surface area contributed by atoms with Crippen molar-refractivity contribution in [2.45, 2.75) is 26.2 Å². The van der Waals surface area contributed by atoms with E-state index in [1.54, 1.807) is 18.2 Å². The highest BCUT2D eigenvalue weighted by Gasteiger charge is 2.13. The molecule has 0 unspecified atom stereocenters. The molecule has 0 aliphatic rings. The Kier molecular flexibility index (Phi) is 4.82. The lowest BCUT2D eigenvalue weighted by Crippen LogP contribution is -2.21. The normalized spacial score (nSPS) is 10.2. The first-order valence-electron chi connectivity index (χ1n) is 5.90. The Balaban J connectivity index is 2.86. The van der Waals surface area contributed by atoms with E-state index in [-0.39, 0.29) is 0 Å². The molecule has 1 rings (SSSR count). The van der Waals surface area contributed by atoms with E-state index >= 15 is 0 Å². The van der Waals surface area contributed by atoms with Gasteiger partial charge in [-0.15, -0.1) is 0 Å². The van der Waals surface area contributed by atoms with Gasteiger partial charge in [0.15, 0.2) is 0 Å². The van der Waals surface area contributed by atoms with Crippen LogP contribution in [0, 0.1) is 0 Å². The fourth-order valence-corrected chi connectivity index (χ4v) is 1.76. The van der Waals surface area contributed by atoms with Gasteiger partial charge in [0.05, 0.1) is 11.3 Å². The van der Waals surface area contributed by atoms with Crippen LogP contribution in [0.5, 0.6) is 0 Å². The Morgan fingerprint density at radius 2 is 2.12 bits per heavy atom. The van der Waals surface area contributed by atoms with E-state index in [0.29, 0.717) is 16.9 Å². The first-order chi connectivity index (χ1) is 8.06. The van der Waals surface area contributed by atoms with Crippen molar-refractivity contribution < 1.29 is 9.90 Å². The first kappa shape index (κ1) is 13.4. The molecule has 0 spiro atoms. The first-order valence-corrected chi connectivity index (χ1v) is 5.90. The molecule has 0 saturated heterocycles. The molecule has 3 N–H and O–H groups in total. The van der Waals surface area contributed by atoms with Crippen LogP contribution in [-0.2, 0) is 0 Å². The maximum atomic E-state index is 11.1. The topological polar surface area (TPSA) is 66.6 Å². The summed E-state index contributed by atoms with van der Waals surface area (Å²) in [6.45, 7) is 2.99. The molecule has 1 aromatic rings. The lowest BCUT2D eigenvalue weighted by molar-refractivity contribution is 0.0697. The molecule has 0 aliphatic carbocycles. The van der Waals surface area contributed by atoms with Crippen molar-refractivity contribution in [3.05, 3.63) is 23.8 Å². The Morgan fingerprint density at radius 1 is 1.41 bits per heavy atom. The van der Waals surface area contributed by atoms with Gasteiger partial charge in [-0.25, -0.2) is 4.79 Å². The second-order valence-corrected chi connectivity index (χ2v) is 4.21. The van der Waals surface area contributed by atoms with Crippen molar-refractivity contribution in [3.63, 3.8) is 0 Å². The summed E-state index contributed by atoms with van der Waals surface area (Å²) in [5.74, 6) is -0.914. The van der Waals surface area contributed by atoms with Gasteiger partial charge in [-0.3, -0.25) is 0 Å². The fraction of sp³-hybridized carbons (Fsp3) is 0.462. The van der Waals surface area contributed by atoms with Gasteiger partial charge >= 0.3 is 5.97 Å². The molecule has 1 aromatic carbocycles. The van der Waals surface area contributed by atoms with Crippen molar-refractivity contribution in [2.75, 3.05) is 24.2 Å². The van der Waals surface area contributed by atoms with E-state index in [1.807, 2.05) is 11.9 Å². The summed E-state index contributed by atoms with van der Waals surface area (Å²) in [5.41, 5.74) is 7.28. The second kappa shape index (κ2) is 6.13. The molecule has 4 heteroatoms. The van der Waals surface area contributed by atoms with E-state index < -0.39 is 5.97 Å². The number of aromatic carboxylic acids is 1. The third-order valence-electron chi connectivity index (χ3n) is 2.76. The molecule has 0 radical (unpaired) electrons. The van der Waals surface area contributed by atoms with Crippen molar-refractivity contribution in [3.8, 4) is 0 Å². The van der Waals surface area contributed by atoms with Crippen LogP contribution >= 0.6 is 0 Å². The zero-order valence-electron chi connectivity index (χ0n) is 10.4. The molecule has 0 aliphatic heterocycles. The van der Waals surface area contributed by atoms with Crippen LogP contribution in [0.1, 0.15) is 36.5 Å². The number of unbranched alkanes of at least 4 members (excludes halogenated alkanes) is 2. The molecule has 0 bridgehead atoms. The Labute approximate surface area is 102 Å². The second-order valence-electron chi connectivity index (χ2n) is 4.21. The van der Waals surface area contributed by atoms with Crippen LogP contribution in [0.25, 0.3) is 0 Å². The highest BCUT2D eigenvalue weighted by atomic mass is 16.4. The highest BCUT2D eigenvalue weighted by Crippen LogP contribution is 2.23. The van der Waals surface area contributed by atoms with Crippen LogP contribution in [-0.4, -0.2) is 24.7 Å². The molecular formula is C13H20N2O2. The molecule has 0 aromatic heterocycles. The number of hydrogen-bond acceptors (Lipinski definition) is 3. The summed E-state index contributed by atoms with van der Waals surface area (Å²) in [4.78, 5) is 13.1. The van der Waals surface area contributed by atoms with Gasteiger partial charge in [0.1, 0.15) is 0 Å². The smallest absolute Gasteiger partial charge is 0.337 e. The SMILES string of the molecule is CCCCCN(C)c1cc(N)ccc1C(=O)O. The predicted octanol–water partition coefficient (Wildman–Crippen LogP) is 2.59. The molecule has 17 heavy (non-hydrogen) atoms. The zero-order valence-corrected chi connectivity index (χ0v) is 10.4. The molecule has 0 heterocycles. The van der Waals surface area contributed by atoms with Gasteiger partial charge in [-0.1, -0.05) is 19.8 Å². The van der Waals surface area contributed by atoms with Gasteiger partial charge in [0.25, 0.3) is 0 Å². The van der Waals surface area contributed by atoms with Gasteiger partial charge in [0.2, 0.25) is 0 Å². The lowest BCUT2D eigenvalue weighted by atomic mass is 10.1. The zero-order chi connectivity index (χ0) is 12.8. The molecule has 0 saturated carbocycles. The van der Waals surface area contributed by atoms with Gasteiger partial charge in [-0.2, -0.15) is 0 Å². The minimum atomic E-state index is -0.914. The standard InChI is InChI=1S/C13H20N2O2/c1-3-4-5-8-15(2)12-9-10(14)6-7-11(12)13(16)17/h6-7,9H,3-5,8,14H2,1-2H3,(H,16,17). The van der Waals surface area contributed by atoms with Crippen LogP contribution in [0.3, 0.4) is 0 Å². The van der Waals surface area contributed by atoms with Gasteiger partial charge in [-0.05, 0) is 24.6 Å². The summed E-state index contributed by atoms with van der Waals surface area (Å²) in [7, 11) is 1.90. The minimum absolute atomic E-state index is 0.304. The summed E-state index contributed by atoms with van der Waals surface area (Å²) in [6.07, 6.45) is 3.35. The third kappa shape index (κ3) is 3.66. The van der Waals surface area contributed by atoms with E-state index in [4.69, 9.17) is 10.8 Å². The lowest BCUT2D eigenvalue weighted by Gasteiger charge is -2.21. The van der Waals surface area contributed by atoms with Crippen LogP contribution in [0.4, 0.5) is 11.4 Å². The summed E-state index contributed by atoms with van der Waals surface area (Å²) < 4.78 is 0. The molecular weight excluding hydrogens is 216 g/mol. The quantitative estimate of drug-likeness (QED) is 0.588. The number of nitrogen functional groups attached to an aromatic ring is 1. The molecule has 0 atom stereocenters. The Hall–Kier alpha value is -1.71. The molecule has 4 nitrogen and oxygen atoms in total. The fourth-order valence-electron chi connectivity index (χ4n) is 1.76. The monoisotopic (exact) mass is 236 g/mol. The average molecular weight is 236 g/mol. The number of nitrogens with two attached hydrogens (primary N) is 1. The summed E-state index contributed by atoms with van der Waals surface area (Å²) >= 11 is 0. The van der Waals surface area contributed by atoms with Crippen LogP contribution < -0.4 is 10.6 Å². The number of hydrogen-bond donors (Lipinski definition) is 2. The van der Waals surface area contributed by atoms with Gasteiger partial charge in [0, 0.05) is 19.3 Å². The van der Waals surface area contributed by atoms with E-state index in [1.165, 1.54) is 0 Å². The van der Waals surface area contributed by atoms with Crippen LogP contribution in [0.2, 0.25) is 0 Å². The van der Waals surface area contributed by atoms with Crippen molar-refractivity contribution in [2.24, 2.45) is 0 Å². The maximum absolute atomic E-state index is 11.1. The summed E-state index contributed by atoms with van der Waals surface area (Å²) in [5, 5.41) is 9.11. The van der Waals surface area contributed by atoms with Crippen molar-refractivity contribution >= 4 is 17.3 Å². The Bertz CT molecular complexity index is 391. The predicted molar refractivity (Wildman–Crippen MR) is 70.6 cm³/mol. The number of anilines is 2. The van der Waals surface area contributed by atoms with E-state index in [0.717, 1.165) is 25.8 Å². The van der Waals surface area contributed by atoms with Gasteiger partial charge < -0.3 is 15.7 Å². The van der Waals surface area contributed by atoms with E-state index in [9.17, 15) is 4.79 Å². The maximum Gasteiger partial charge on any atom is 0.337 e. The largest absolute Gasteiger partial charge is 0.478 e. The van der Waals surface area contributed by atoms with E-state index in [2.05, 4.69) is 6.92 Å². The molecule has 94 valence electrons. The number of carboxylic acid groups (broad SMARTS) is 1. The number of benzene rings is 1. The highest BCUT2D eigenvalue weighted by molar-refractivity contribution is 5.95. The average Bonchev–Trinajstić information content (AvgIpc) is 2.28. The van der Waals surface area contributed by atoms with Crippen LogP contribution in [0.15, 0.2) is 18.2 Å². The molecule has 0 amide bonds. The third-order valence-corrected chi connectivity index (χ3v) is 2.76. The number of carboxylic acids is 1. The number of carbonyl (C=O) groups is 1. The van der Waals surface area contributed by atoms with Crippen molar-refractivity contribution in [1.29, 1.82) is 0 Å². The number of rotatable bonds is 6.